The first-order chi connectivity index (χ1) is 18.7. The molecule has 0 unspecified atom stereocenters. The Labute approximate surface area is 264 Å². The van der Waals surface area contributed by atoms with Crippen LogP contribution in [0.5, 0.6) is 0 Å². The van der Waals surface area contributed by atoms with Crippen molar-refractivity contribution >= 4 is 90.8 Å². The maximum Gasteiger partial charge on any atom is 1.00 e. The normalized spacial score (nSPS) is 11.7. The van der Waals surface area contributed by atoms with E-state index in [1.807, 2.05) is 0 Å². The van der Waals surface area contributed by atoms with Gasteiger partial charge in [0.25, 0.3) is 10.1 Å². The molecule has 0 saturated heterocycles. The summed E-state index contributed by atoms with van der Waals surface area (Å²) < 4.78 is 69.9. The van der Waals surface area contributed by atoms with Gasteiger partial charge in [-0.25, -0.2) is 8.42 Å². The van der Waals surface area contributed by atoms with E-state index in [0.29, 0.717) is 0 Å². The molecule has 2 aromatic heterocycles. The molecule has 0 aliphatic carbocycles. The van der Waals surface area contributed by atoms with E-state index in [1.165, 1.54) is 36.4 Å². The van der Waals surface area contributed by atoms with E-state index in [4.69, 9.17) is 34.7 Å². The fourth-order valence-electron chi connectivity index (χ4n) is 3.22. The molecule has 4 aromatic rings. The molecule has 4 rings (SSSR count). The topological polar surface area (TPSA) is 265 Å². The van der Waals surface area contributed by atoms with Gasteiger partial charge in [-0.05, 0) is 58.6 Å². The van der Waals surface area contributed by atoms with Crippen LogP contribution < -0.4 is 51.7 Å². The molecule has 0 aliphatic rings. The Balaban J connectivity index is 0.00000462. The average Bonchev–Trinajstić information content (AvgIpc) is 2.81. The number of rotatable bonds is 8. The molecule has 7 N–H and O–H groups in total. The van der Waals surface area contributed by atoms with Gasteiger partial charge < -0.3 is 26.7 Å². The molecule has 208 valence electrons. The Morgan fingerprint density at radius 2 is 1.15 bits per heavy atom. The van der Waals surface area contributed by atoms with Gasteiger partial charge in [0.1, 0.15) is 15.0 Å². The third kappa shape index (κ3) is 8.64. The van der Waals surface area contributed by atoms with E-state index in [-0.39, 0.29) is 86.4 Å². The number of nitrogen functional groups attached to an aromatic ring is 2. The Bertz CT molecular complexity index is 1710. The van der Waals surface area contributed by atoms with E-state index in [9.17, 15) is 25.9 Å². The largest absolute Gasteiger partial charge is 1.00 e. The number of anilines is 6. The van der Waals surface area contributed by atoms with Crippen molar-refractivity contribution in [3.05, 3.63) is 58.1 Å². The smallest absolute Gasteiger partial charge is 0.744 e. The van der Waals surface area contributed by atoms with Crippen LogP contribution >= 0.6 is 23.2 Å². The summed E-state index contributed by atoms with van der Waals surface area (Å²) in [6.07, 6.45) is 2.37. The van der Waals surface area contributed by atoms with Gasteiger partial charge in [-0.15, -0.1) is 0 Å². The van der Waals surface area contributed by atoms with Gasteiger partial charge in [0.15, 0.2) is 0 Å². The molecule has 0 aliphatic heterocycles. The van der Waals surface area contributed by atoms with Crippen molar-refractivity contribution in [1.82, 2.24) is 29.9 Å². The molecule has 0 bridgehead atoms. The summed E-state index contributed by atoms with van der Waals surface area (Å²) in [7, 11) is -9.80. The molecular weight excluding hydrogens is 634 g/mol. The minimum atomic E-state index is -5.02. The van der Waals surface area contributed by atoms with Crippen molar-refractivity contribution in [2.45, 2.75) is 9.79 Å². The molecule has 2 heterocycles. The van der Waals surface area contributed by atoms with Crippen molar-refractivity contribution in [3.8, 4) is 0 Å². The standard InChI is InChI=1S/C20H16Cl2N10O6S2.Na/c21-15-27-17(23)31-19(29-15)25-11-5-3-9(13(7-11)39(33,34)35)1-2-10-4-6-12(8-14(10)40(36,37)38)26-20-30-16(22)28-18(24)32-20;/h1-8H,(H,33,34,35)(H,36,37,38)(H3,23,25,27,29,31)(H3,24,26,28,30,32);/q;+1/p-1/b2-1+;. The number of aromatic nitrogens is 6. The molecule has 2 aromatic carbocycles. The van der Waals surface area contributed by atoms with Gasteiger partial charge in [-0.3, -0.25) is 4.55 Å². The number of benzene rings is 2. The van der Waals surface area contributed by atoms with Gasteiger partial charge >= 0.3 is 29.6 Å². The zero-order valence-electron chi connectivity index (χ0n) is 20.5. The van der Waals surface area contributed by atoms with Crippen LogP contribution in [0.1, 0.15) is 11.1 Å². The fraction of sp³-hybridized carbons (Fsp3) is 0. The second kappa shape index (κ2) is 12.8. The maximum atomic E-state index is 12.1. The van der Waals surface area contributed by atoms with Crippen LogP contribution in [0.3, 0.4) is 0 Å². The Morgan fingerprint density at radius 3 is 1.54 bits per heavy atom. The summed E-state index contributed by atoms with van der Waals surface area (Å²) in [6, 6.07) is 7.44. The zero-order valence-corrected chi connectivity index (χ0v) is 25.7. The van der Waals surface area contributed by atoms with E-state index in [2.05, 4.69) is 40.5 Å². The number of nitrogens with two attached hydrogens (primary N) is 2. The van der Waals surface area contributed by atoms with Gasteiger partial charge in [0, 0.05) is 11.4 Å². The molecule has 0 saturated carbocycles. The van der Waals surface area contributed by atoms with Crippen molar-refractivity contribution in [1.29, 1.82) is 0 Å². The Morgan fingerprint density at radius 1 is 0.732 bits per heavy atom. The van der Waals surface area contributed by atoms with Crippen LogP contribution in [-0.4, -0.2) is 55.8 Å². The number of nitrogens with zero attached hydrogens (tertiary/aromatic N) is 6. The molecule has 41 heavy (non-hydrogen) atoms. The molecule has 0 amide bonds. The number of hydrogen-bond donors (Lipinski definition) is 5. The molecule has 0 fully saturated rings. The number of hydrogen-bond acceptors (Lipinski definition) is 15. The van der Waals surface area contributed by atoms with Gasteiger partial charge in [-0.2, -0.15) is 38.3 Å². The summed E-state index contributed by atoms with van der Waals surface area (Å²) in [4.78, 5) is 21.2. The van der Waals surface area contributed by atoms with Crippen LogP contribution in [0.2, 0.25) is 10.6 Å². The average molecular weight is 649 g/mol. The van der Waals surface area contributed by atoms with Crippen molar-refractivity contribution < 1.29 is 55.5 Å². The Hall–Kier alpha value is -3.20. The molecule has 0 atom stereocenters. The second-order valence-electron chi connectivity index (χ2n) is 7.59. The summed E-state index contributed by atoms with van der Waals surface area (Å²) in [5.74, 6) is -0.591. The first-order valence-electron chi connectivity index (χ1n) is 10.4. The van der Waals surface area contributed by atoms with Crippen molar-refractivity contribution in [2.75, 3.05) is 22.1 Å². The van der Waals surface area contributed by atoms with Gasteiger partial charge in [0.2, 0.25) is 34.4 Å². The number of nitrogens with one attached hydrogen (secondary N) is 2. The van der Waals surface area contributed by atoms with Crippen LogP contribution in [0.15, 0.2) is 46.2 Å². The van der Waals surface area contributed by atoms with E-state index in [1.54, 1.807) is 0 Å². The van der Waals surface area contributed by atoms with Gasteiger partial charge in [-0.1, -0.05) is 24.3 Å². The van der Waals surface area contributed by atoms with E-state index >= 15 is 0 Å². The van der Waals surface area contributed by atoms with Crippen molar-refractivity contribution in [3.63, 3.8) is 0 Å². The zero-order chi connectivity index (χ0) is 29.2. The van der Waals surface area contributed by atoms with Crippen LogP contribution in [0.4, 0.5) is 35.2 Å². The van der Waals surface area contributed by atoms with Crippen LogP contribution in [0.25, 0.3) is 12.2 Å². The third-order valence-corrected chi connectivity index (χ3v) is 6.92. The molecule has 0 radical (unpaired) electrons. The first-order valence-corrected chi connectivity index (χ1v) is 14.1. The minimum absolute atomic E-state index is 0. The minimum Gasteiger partial charge on any atom is -0.744 e. The quantitative estimate of drug-likeness (QED) is 0.0901. The predicted molar refractivity (Wildman–Crippen MR) is 145 cm³/mol. The van der Waals surface area contributed by atoms with Crippen LogP contribution in [-0.2, 0) is 20.2 Å². The van der Waals surface area contributed by atoms with Crippen LogP contribution in [0, 0.1) is 0 Å². The Kier molecular flexibility index (Phi) is 10.1. The van der Waals surface area contributed by atoms with Gasteiger partial charge in [0.05, 0.1) is 4.90 Å². The predicted octanol–water partition coefficient (Wildman–Crippen LogP) is -0.660. The first kappa shape index (κ1) is 32.3. The number of halogens is 2. The summed E-state index contributed by atoms with van der Waals surface area (Å²) >= 11 is 11.5. The second-order valence-corrected chi connectivity index (χ2v) is 11.0. The molecular formula is C20H15Cl2N10NaO6S2. The third-order valence-electron chi connectivity index (χ3n) is 4.78. The summed E-state index contributed by atoms with van der Waals surface area (Å²) in [5.41, 5.74) is 11.1. The summed E-state index contributed by atoms with van der Waals surface area (Å²) in [6.45, 7) is 0. The van der Waals surface area contributed by atoms with E-state index < -0.39 is 30.0 Å². The fourth-order valence-corrected chi connectivity index (χ4v) is 4.96. The maximum absolute atomic E-state index is 12.1. The SMILES string of the molecule is Nc1nc(Cl)nc(Nc2ccc(/C=C/c3ccc(Nc4nc(N)nc(Cl)n4)cc3S(=O)(=O)O)c(S(=O)(=O)[O-])c2)n1.[Na+]. The molecule has 0 spiro atoms. The van der Waals surface area contributed by atoms with Crippen molar-refractivity contribution in [2.24, 2.45) is 0 Å². The molecule has 21 heteroatoms. The van der Waals surface area contributed by atoms with E-state index in [0.717, 1.165) is 12.1 Å². The molecule has 16 nitrogen and oxygen atoms in total. The monoisotopic (exact) mass is 648 g/mol. The summed E-state index contributed by atoms with van der Waals surface area (Å²) in [5, 5.41) is 4.90.